The van der Waals surface area contributed by atoms with E-state index < -0.39 is 18.5 Å². The molecule has 0 unspecified atom stereocenters. The van der Waals surface area contributed by atoms with E-state index in [9.17, 15) is 14.7 Å². The monoisotopic (exact) mass is 332 g/mol. The van der Waals surface area contributed by atoms with Gasteiger partial charge in [0.15, 0.2) is 18.1 Å². The minimum absolute atomic E-state index is 0.0169. The first-order valence-corrected chi connectivity index (χ1v) is 6.98. The molecular formula is C17H16O7. The molecule has 0 radical (unpaired) electrons. The first kappa shape index (κ1) is 17.1. The van der Waals surface area contributed by atoms with E-state index in [0.29, 0.717) is 0 Å². The lowest BCUT2D eigenvalue weighted by Gasteiger charge is -2.16. The molecule has 0 bridgehead atoms. The molecule has 24 heavy (non-hydrogen) atoms. The molecule has 2 aromatic carbocycles. The maximum absolute atomic E-state index is 11.6. The van der Waals surface area contributed by atoms with E-state index in [1.165, 1.54) is 19.2 Å². The van der Waals surface area contributed by atoms with Crippen LogP contribution >= 0.6 is 0 Å². The van der Waals surface area contributed by atoms with E-state index in [2.05, 4.69) is 0 Å². The number of aliphatic carboxylic acids is 1. The fourth-order valence-electron chi connectivity index (χ4n) is 2.04. The van der Waals surface area contributed by atoms with Crippen LogP contribution in [0, 0.1) is 0 Å². The highest BCUT2D eigenvalue weighted by Gasteiger charge is 2.23. The predicted molar refractivity (Wildman–Crippen MR) is 83.9 cm³/mol. The van der Waals surface area contributed by atoms with Gasteiger partial charge in [0.2, 0.25) is 0 Å². The highest BCUT2D eigenvalue weighted by molar-refractivity contribution is 5.95. The Morgan fingerprint density at radius 3 is 2.21 bits per heavy atom. The van der Waals surface area contributed by atoms with Gasteiger partial charge >= 0.3 is 11.9 Å². The van der Waals surface area contributed by atoms with Crippen molar-refractivity contribution in [1.82, 2.24) is 0 Å². The number of benzene rings is 2. The number of carbonyl (C=O) groups is 2. The summed E-state index contributed by atoms with van der Waals surface area (Å²) >= 11 is 0. The second-order valence-corrected chi connectivity index (χ2v) is 4.73. The Labute approximate surface area is 138 Å². The number of hydrogen-bond acceptors (Lipinski definition) is 5. The van der Waals surface area contributed by atoms with E-state index in [1.807, 2.05) is 30.3 Å². The largest absolute Gasteiger partial charge is 0.493 e. The van der Waals surface area contributed by atoms with Crippen LogP contribution in [0.25, 0.3) is 0 Å². The fraction of sp³-hybridized carbons (Fsp3) is 0.176. The molecule has 0 amide bonds. The van der Waals surface area contributed by atoms with Crippen molar-refractivity contribution < 1.29 is 34.0 Å². The number of ether oxygens (including phenoxy) is 3. The Hall–Kier alpha value is -3.22. The zero-order valence-corrected chi connectivity index (χ0v) is 12.9. The summed E-state index contributed by atoms with van der Waals surface area (Å²) < 4.78 is 15.8. The van der Waals surface area contributed by atoms with Crippen LogP contribution in [0.4, 0.5) is 0 Å². The minimum Gasteiger partial charge on any atom is -0.493 e. The molecular weight excluding hydrogens is 316 g/mol. The Balaban J connectivity index is 2.36. The van der Waals surface area contributed by atoms with Gasteiger partial charge < -0.3 is 24.4 Å². The molecule has 2 rings (SSSR count). The lowest BCUT2D eigenvalue weighted by Crippen LogP contribution is -2.13. The second-order valence-electron chi connectivity index (χ2n) is 4.73. The molecule has 0 heterocycles. The number of carboxylic acid groups (broad SMARTS) is 2. The van der Waals surface area contributed by atoms with Gasteiger partial charge in [0.05, 0.1) is 7.11 Å². The topological polar surface area (TPSA) is 102 Å². The number of methoxy groups -OCH3 is 1. The van der Waals surface area contributed by atoms with Gasteiger partial charge in [0.1, 0.15) is 17.9 Å². The predicted octanol–water partition coefficient (Wildman–Crippen LogP) is 2.44. The smallest absolute Gasteiger partial charge is 0.343 e. The summed E-state index contributed by atoms with van der Waals surface area (Å²) in [5, 5.41) is 18.2. The molecule has 0 atom stereocenters. The molecule has 0 saturated heterocycles. The van der Waals surface area contributed by atoms with Gasteiger partial charge in [-0.25, -0.2) is 9.59 Å². The van der Waals surface area contributed by atoms with Gasteiger partial charge in [-0.15, -0.1) is 0 Å². The lowest BCUT2D eigenvalue weighted by atomic mass is 10.1. The number of carboxylic acids is 2. The van der Waals surface area contributed by atoms with Crippen molar-refractivity contribution in [3.63, 3.8) is 0 Å². The quantitative estimate of drug-likeness (QED) is 0.765. The van der Waals surface area contributed by atoms with E-state index in [0.717, 1.165) is 5.56 Å². The van der Waals surface area contributed by atoms with Gasteiger partial charge in [-0.3, -0.25) is 0 Å². The molecule has 7 heteroatoms. The lowest BCUT2D eigenvalue weighted by molar-refractivity contribution is -0.139. The van der Waals surface area contributed by atoms with E-state index in [-0.39, 0.29) is 29.4 Å². The molecule has 0 aliphatic heterocycles. The van der Waals surface area contributed by atoms with Crippen molar-refractivity contribution in [1.29, 1.82) is 0 Å². The zero-order chi connectivity index (χ0) is 17.5. The van der Waals surface area contributed by atoms with E-state index >= 15 is 0 Å². The SMILES string of the molecule is COc1ccc(OCC(=O)O)c(C(=O)O)c1OCc1ccccc1. The Morgan fingerprint density at radius 2 is 1.62 bits per heavy atom. The first-order valence-electron chi connectivity index (χ1n) is 6.98. The number of aromatic carboxylic acids is 1. The Morgan fingerprint density at radius 1 is 0.958 bits per heavy atom. The van der Waals surface area contributed by atoms with E-state index in [1.54, 1.807) is 0 Å². The maximum atomic E-state index is 11.6. The molecule has 0 aliphatic rings. The van der Waals surface area contributed by atoms with Crippen LogP contribution in [0.15, 0.2) is 42.5 Å². The van der Waals surface area contributed by atoms with Crippen LogP contribution in [0.1, 0.15) is 15.9 Å². The van der Waals surface area contributed by atoms with Crippen molar-refractivity contribution in [2.24, 2.45) is 0 Å². The third-order valence-electron chi connectivity index (χ3n) is 3.09. The normalized spacial score (nSPS) is 10.0. The van der Waals surface area contributed by atoms with Gasteiger partial charge in [-0.05, 0) is 17.7 Å². The van der Waals surface area contributed by atoms with Gasteiger partial charge in [0, 0.05) is 0 Å². The first-order chi connectivity index (χ1) is 11.5. The number of rotatable bonds is 8. The van der Waals surface area contributed by atoms with Crippen molar-refractivity contribution in [3.8, 4) is 17.2 Å². The van der Waals surface area contributed by atoms with Crippen LogP contribution in [-0.2, 0) is 11.4 Å². The van der Waals surface area contributed by atoms with Crippen molar-refractivity contribution in [2.75, 3.05) is 13.7 Å². The van der Waals surface area contributed by atoms with Gasteiger partial charge in [0.25, 0.3) is 0 Å². The van der Waals surface area contributed by atoms with Crippen molar-refractivity contribution >= 4 is 11.9 Å². The van der Waals surface area contributed by atoms with Gasteiger partial charge in [-0.2, -0.15) is 0 Å². The summed E-state index contributed by atoms with van der Waals surface area (Å²) in [5.74, 6) is -2.43. The average molecular weight is 332 g/mol. The third kappa shape index (κ3) is 4.16. The summed E-state index contributed by atoms with van der Waals surface area (Å²) in [6.45, 7) is -0.537. The Kier molecular flexibility index (Phi) is 5.62. The van der Waals surface area contributed by atoms with Crippen LogP contribution in [0.3, 0.4) is 0 Å². The third-order valence-corrected chi connectivity index (χ3v) is 3.09. The summed E-state index contributed by atoms with van der Waals surface area (Å²) in [4.78, 5) is 22.2. The molecule has 0 aliphatic carbocycles. The van der Waals surface area contributed by atoms with Crippen molar-refractivity contribution in [3.05, 3.63) is 53.6 Å². The summed E-state index contributed by atoms with van der Waals surface area (Å²) in [5.41, 5.74) is 0.555. The van der Waals surface area contributed by atoms with E-state index in [4.69, 9.17) is 19.3 Å². The van der Waals surface area contributed by atoms with Crippen LogP contribution in [-0.4, -0.2) is 35.9 Å². The van der Waals surface area contributed by atoms with Crippen LogP contribution < -0.4 is 14.2 Å². The molecule has 0 fully saturated rings. The summed E-state index contributed by atoms with van der Waals surface area (Å²) in [6.07, 6.45) is 0. The molecule has 7 nitrogen and oxygen atoms in total. The minimum atomic E-state index is -1.31. The molecule has 2 aromatic rings. The summed E-state index contributed by atoms with van der Waals surface area (Å²) in [6, 6.07) is 12.0. The van der Waals surface area contributed by atoms with Crippen LogP contribution in [0.5, 0.6) is 17.2 Å². The zero-order valence-electron chi connectivity index (χ0n) is 12.9. The van der Waals surface area contributed by atoms with Gasteiger partial charge in [-0.1, -0.05) is 30.3 Å². The Bertz CT molecular complexity index is 725. The van der Waals surface area contributed by atoms with Crippen LogP contribution in [0.2, 0.25) is 0 Å². The second kappa shape index (κ2) is 7.87. The molecule has 2 N–H and O–H groups in total. The number of hydrogen-bond donors (Lipinski definition) is 2. The maximum Gasteiger partial charge on any atom is 0.343 e. The molecule has 126 valence electrons. The highest BCUT2D eigenvalue weighted by atomic mass is 16.5. The van der Waals surface area contributed by atoms with Crippen molar-refractivity contribution in [2.45, 2.75) is 6.61 Å². The molecule has 0 spiro atoms. The summed E-state index contributed by atoms with van der Waals surface area (Å²) in [7, 11) is 1.38. The standard InChI is InChI=1S/C17H16O7/c1-22-13-8-7-12(23-10-14(18)19)15(17(20)21)16(13)24-9-11-5-3-2-4-6-11/h2-8H,9-10H2,1H3,(H,18,19)(H,20,21). The molecule has 0 saturated carbocycles. The highest BCUT2D eigenvalue weighted by Crippen LogP contribution is 2.38. The molecule has 0 aromatic heterocycles. The fourth-order valence-corrected chi connectivity index (χ4v) is 2.04. The average Bonchev–Trinajstić information content (AvgIpc) is 2.58.